The smallest absolute Gasteiger partial charge is 0.211 e. The maximum atomic E-state index is 10.3. The lowest BCUT2D eigenvalue weighted by Crippen LogP contribution is -2.05. The molecule has 1 aliphatic rings. The molecule has 0 radical (unpaired) electrons. The predicted octanol–water partition coefficient (Wildman–Crippen LogP) is 2.96. The van der Waals surface area contributed by atoms with Gasteiger partial charge in [0.2, 0.25) is 6.08 Å². The molecule has 1 saturated carbocycles. The molecule has 1 aromatic rings. The summed E-state index contributed by atoms with van der Waals surface area (Å²) >= 11 is 0. The van der Waals surface area contributed by atoms with E-state index >= 15 is 0 Å². The maximum Gasteiger partial charge on any atom is 0.235 e. The number of aliphatic imine (C=N–C) groups is 1. The Labute approximate surface area is 89.3 Å². The van der Waals surface area contributed by atoms with Crippen LogP contribution in [0.2, 0.25) is 0 Å². The van der Waals surface area contributed by atoms with Gasteiger partial charge in [-0.2, -0.15) is 4.99 Å². The van der Waals surface area contributed by atoms with Gasteiger partial charge in [-0.3, -0.25) is 0 Å². The van der Waals surface area contributed by atoms with Crippen LogP contribution < -0.4 is 0 Å². The van der Waals surface area contributed by atoms with Crippen LogP contribution in [-0.4, -0.2) is 11.6 Å². The van der Waals surface area contributed by atoms with E-state index in [-0.39, 0.29) is 5.54 Å². The minimum Gasteiger partial charge on any atom is -0.211 e. The lowest BCUT2D eigenvalue weighted by molar-refractivity contribution is 0.559. The first-order chi connectivity index (χ1) is 7.27. The monoisotopic (exact) mass is 199 g/mol. The zero-order chi connectivity index (χ0) is 10.7. The van der Waals surface area contributed by atoms with E-state index in [2.05, 4.69) is 11.1 Å². The number of hydrogen-bond acceptors (Lipinski definition) is 2. The van der Waals surface area contributed by atoms with E-state index in [1.54, 1.807) is 6.08 Å². The van der Waals surface area contributed by atoms with Crippen molar-refractivity contribution < 1.29 is 4.79 Å². The Kier molecular flexibility index (Phi) is 2.53. The molecule has 0 aliphatic heterocycles. The van der Waals surface area contributed by atoms with Crippen LogP contribution in [0.25, 0.3) is 6.08 Å². The molecule has 76 valence electrons. The van der Waals surface area contributed by atoms with Gasteiger partial charge < -0.3 is 0 Å². The molecule has 0 unspecified atom stereocenters. The summed E-state index contributed by atoms with van der Waals surface area (Å²) in [5, 5.41) is 0. The summed E-state index contributed by atoms with van der Waals surface area (Å²) in [6.45, 7) is 2.03. The van der Waals surface area contributed by atoms with Crippen LogP contribution in [0.1, 0.15) is 25.3 Å². The maximum absolute atomic E-state index is 10.3. The van der Waals surface area contributed by atoms with Gasteiger partial charge >= 0.3 is 0 Å². The largest absolute Gasteiger partial charge is 0.235 e. The fraction of sp³-hybridized carbons (Fsp3) is 0.308. The highest BCUT2D eigenvalue weighted by molar-refractivity contribution is 5.57. The van der Waals surface area contributed by atoms with E-state index in [0.717, 1.165) is 24.0 Å². The first-order valence-electron chi connectivity index (χ1n) is 5.10. The lowest BCUT2D eigenvalue weighted by Gasteiger charge is -2.07. The molecule has 0 amide bonds. The molecule has 0 N–H and O–H groups in total. The quantitative estimate of drug-likeness (QED) is 0.543. The van der Waals surface area contributed by atoms with Gasteiger partial charge in [-0.05, 0) is 30.9 Å². The van der Waals surface area contributed by atoms with Crippen molar-refractivity contribution >= 4 is 12.2 Å². The van der Waals surface area contributed by atoms with Crippen LogP contribution in [-0.2, 0) is 4.79 Å². The van der Waals surface area contributed by atoms with E-state index in [1.807, 2.05) is 37.3 Å². The molecule has 0 saturated heterocycles. The molecule has 15 heavy (non-hydrogen) atoms. The molecule has 1 aliphatic carbocycles. The SMILES string of the molecule is C/C(=C/c1ccccc1)C1(N=C=O)CC1. The standard InChI is InChI=1S/C13H13NO/c1-11(13(7-8-13)14-10-15)9-12-5-3-2-4-6-12/h2-6,9H,7-8H2,1H3/b11-9-. The molecule has 0 atom stereocenters. The second-order valence-corrected chi connectivity index (χ2v) is 3.97. The highest BCUT2D eigenvalue weighted by Crippen LogP contribution is 2.46. The number of isocyanates is 1. The van der Waals surface area contributed by atoms with E-state index in [0.29, 0.717) is 0 Å². The zero-order valence-corrected chi connectivity index (χ0v) is 8.73. The van der Waals surface area contributed by atoms with Gasteiger partial charge in [0.1, 0.15) is 0 Å². The number of hydrogen-bond donors (Lipinski definition) is 0. The summed E-state index contributed by atoms with van der Waals surface area (Å²) in [4.78, 5) is 14.2. The van der Waals surface area contributed by atoms with Crippen molar-refractivity contribution in [3.63, 3.8) is 0 Å². The van der Waals surface area contributed by atoms with Gasteiger partial charge in [0.05, 0.1) is 5.54 Å². The van der Waals surface area contributed by atoms with Crippen molar-refractivity contribution in [3.05, 3.63) is 41.5 Å². The number of carbonyl (C=O) groups excluding carboxylic acids is 1. The van der Waals surface area contributed by atoms with Gasteiger partial charge in [-0.25, -0.2) is 4.79 Å². The van der Waals surface area contributed by atoms with Gasteiger partial charge in [0.25, 0.3) is 0 Å². The Bertz CT molecular complexity index is 423. The van der Waals surface area contributed by atoms with Crippen molar-refractivity contribution in [3.8, 4) is 0 Å². The van der Waals surface area contributed by atoms with E-state index in [1.165, 1.54) is 0 Å². The van der Waals surface area contributed by atoms with Crippen LogP contribution in [0.15, 0.2) is 40.9 Å². The Morgan fingerprint density at radius 2 is 2.07 bits per heavy atom. The summed E-state index contributed by atoms with van der Waals surface area (Å²) in [6.07, 6.45) is 5.70. The van der Waals surface area contributed by atoms with E-state index < -0.39 is 0 Å². The van der Waals surface area contributed by atoms with Crippen molar-refractivity contribution in [1.29, 1.82) is 0 Å². The molecular weight excluding hydrogens is 186 g/mol. The molecule has 2 heteroatoms. The predicted molar refractivity (Wildman–Crippen MR) is 60.2 cm³/mol. The average Bonchev–Trinajstić information content (AvgIpc) is 3.01. The van der Waals surface area contributed by atoms with Crippen molar-refractivity contribution in [2.24, 2.45) is 4.99 Å². The second kappa shape index (κ2) is 3.84. The Balaban J connectivity index is 2.25. The third kappa shape index (κ3) is 2.05. The van der Waals surface area contributed by atoms with Crippen LogP contribution in [0.4, 0.5) is 0 Å². The van der Waals surface area contributed by atoms with Crippen LogP contribution in [0.5, 0.6) is 0 Å². The van der Waals surface area contributed by atoms with Crippen molar-refractivity contribution in [1.82, 2.24) is 0 Å². The zero-order valence-electron chi connectivity index (χ0n) is 8.73. The van der Waals surface area contributed by atoms with Crippen molar-refractivity contribution in [2.75, 3.05) is 0 Å². The van der Waals surface area contributed by atoms with Crippen LogP contribution in [0.3, 0.4) is 0 Å². The minimum atomic E-state index is -0.225. The minimum absolute atomic E-state index is 0.225. The molecule has 0 bridgehead atoms. The fourth-order valence-electron chi connectivity index (χ4n) is 1.73. The van der Waals surface area contributed by atoms with Crippen LogP contribution >= 0.6 is 0 Å². The molecule has 1 aromatic carbocycles. The Morgan fingerprint density at radius 3 is 2.60 bits per heavy atom. The molecule has 2 rings (SSSR count). The van der Waals surface area contributed by atoms with Gasteiger partial charge in [0.15, 0.2) is 0 Å². The lowest BCUT2D eigenvalue weighted by atomic mass is 10.0. The summed E-state index contributed by atoms with van der Waals surface area (Å²) in [6, 6.07) is 10.1. The first-order valence-corrected chi connectivity index (χ1v) is 5.10. The average molecular weight is 199 g/mol. The van der Waals surface area contributed by atoms with Crippen molar-refractivity contribution in [2.45, 2.75) is 25.3 Å². The Hall–Kier alpha value is -1.66. The second-order valence-electron chi connectivity index (χ2n) is 3.97. The van der Waals surface area contributed by atoms with Gasteiger partial charge in [-0.15, -0.1) is 0 Å². The highest BCUT2D eigenvalue weighted by Gasteiger charge is 2.44. The normalized spacial score (nSPS) is 18.1. The van der Waals surface area contributed by atoms with E-state index in [9.17, 15) is 4.79 Å². The third-order valence-corrected chi connectivity index (χ3v) is 2.90. The third-order valence-electron chi connectivity index (χ3n) is 2.90. The fourth-order valence-corrected chi connectivity index (χ4v) is 1.73. The number of rotatable bonds is 3. The summed E-state index contributed by atoms with van der Waals surface area (Å²) < 4.78 is 0. The highest BCUT2D eigenvalue weighted by atomic mass is 16.1. The molecule has 0 aromatic heterocycles. The summed E-state index contributed by atoms with van der Waals surface area (Å²) in [5.74, 6) is 0. The molecule has 1 fully saturated rings. The molecule has 2 nitrogen and oxygen atoms in total. The molecule has 0 spiro atoms. The van der Waals surface area contributed by atoms with E-state index in [4.69, 9.17) is 0 Å². The first kappa shape index (κ1) is 9.88. The summed E-state index contributed by atoms with van der Waals surface area (Å²) in [5.41, 5.74) is 2.08. The molecule has 0 heterocycles. The topological polar surface area (TPSA) is 29.4 Å². The molecular formula is C13H13NO. The number of nitrogens with zero attached hydrogens (tertiary/aromatic N) is 1. The number of benzene rings is 1. The van der Waals surface area contributed by atoms with Crippen LogP contribution in [0, 0.1) is 0 Å². The Morgan fingerprint density at radius 1 is 1.40 bits per heavy atom. The van der Waals surface area contributed by atoms with Gasteiger partial charge in [-0.1, -0.05) is 36.4 Å². The van der Waals surface area contributed by atoms with Gasteiger partial charge in [0, 0.05) is 0 Å². The summed E-state index contributed by atoms with van der Waals surface area (Å²) in [7, 11) is 0.